The highest BCUT2D eigenvalue weighted by atomic mass is 35.5. The molecule has 1 amide bonds. The van der Waals surface area contributed by atoms with E-state index >= 15 is 0 Å². The van der Waals surface area contributed by atoms with E-state index in [1.54, 1.807) is 0 Å². The second-order valence-electron chi connectivity index (χ2n) is 9.54. The van der Waals surface area contributed by atoms with E-state index < -0.39 is 68.1 Å². The maximum Gasteiger partial charge on any atom is 0.255 e. The molecule has 196 valence electrons. The molecule has 12 heteroatoms. The first-order valence-corrected chi connectivity index (χ1v) is 13.3. The average Bonchev–Trinajstić information content (AvgIpc) is 2.98. The maximum atomic E-state index is 13.6. The lowest BCUT2D eigenvalue weighted by atomic mass is 9.70. The third kappa shape index (κ3) is 4.51. The van der Waals surface area contributed by atoms with Crippen molar-refractivity contribution in [2.75, 3.05) is 5.32 Å². The summed E-state index contributed by atoms with van der Waals surface area (Å²) < 4.78 is 67.2. The smallest absolute Gasteiger partial charge is 0.255 e. The van der Waals surface area contributed by atoms with Crippen molar-refractivity contribution >= 4 is 33.0 Å². The van der Waals surface area contributed by atoms with Gasteiger partial charge in [0.2, 0.25) is 0 Å². The van der Waals surface area contributed by atoms with E-state index in [2.05, 4.69) is 5.32 Å². The Hall–Kier alpha value is -2.18. The van der Waals surface area contributed by atoms with E-state index in [1.807, 2.05) is 0 Å². The number of benzene rings is 2. The summed E-state index contributed by atoms with van der Waals surface area (Å²) in [6.07, 6.45) is -1.59. The first-order valence-electron chi connectivity index (χ1n) is 11.3. The van der Waals surface area contributed by atoms with E-state index in [0.717, 1.165) is 6.07 Å². The van der Waals surface area contributed by atoms with Gasteiger partial charge in [0.1, 0.15) is 6.10 Å². The van der Waals surface area contributed by atoms with Gasteiger partial charge in [-0.25, -0.2) is 21.6 Å². The zero-order chi connectivity index (χ0) is 26.6. The molecule has 4 rings (SSSR count). The van der Waals surface area contributed by atoms with Crippen LogP contribution in [0.4, 0.5) is 18.9 Å². The van der Waals surface area contributed by atoms with Crippen LogP contribution in [0.15, 0.2) is 35.2 Å². The van der Waals surface area contributed by atoms with Crippen LogP contribution in [0.3, 0.4) is 0 Å². The molecule has 0 aliphatic heterocycles. The van der Waals surface area contributed by atoms with Crippen molar-refractivity contribution in [3.63, 3.8) is 0 Å². The van der Waals surface area contributed by atoms with E-state index in [1.165, 1.54) is 19.1 Å². The Morgan fingerprint density at radius 1 is 1.08 bits per heavy atom. The monoisotopic (exact) mass is 547 g/mol. The van der Waals surface area contributed by atoms with Gasteiger partial charge in [0.05, 0.1) is 26.9 Å². The first kappa shape index (κ1) is 26.9. The predicted molar refractivity (Wildman–Crippen MR) is 125 cm³/mol. The lowest BCUT2D eigenvalue weighted by Gasteiger charge is -2.46. The van der Waals surface area contributed by atoms with Crippen molar-refractivity contribution < 1.29 is 41.7 Å². The molecule has 0 aromatic heterocycles. The van der Waals surface area contributed by atoms with E-state index in [4.69, 9.17) is 11.6 Å². The summed E-state index contributed by atoms with van der Waals surface area (Å²) in [6.45, 7) is 1.36. The number of rotatable bonds is 6. The summed E-state index contributed by atoms with van der Waals surface area (Å²) in [6, 6.07) is 4.67. The van der Waals surface area contributed by atoms with Crippen LogP contribution in [0.5, 0.6) is 0 Å². The number of sulfone groups is 1. The molecule has 2 aromatic carbocycles. The second-order valence-corrected chi connectivity index (χ2v) is 12.1. The average molecular weight is 548 g/mol. The highest BCUT2D eigenvalue weighted by Crippen LogP contribution is 2.54. The summed E-state index contributed by atoms with van der Waals surface area (Å²) in [7, 11) is -4.10. The summed E-state index contributed by atoms with van der Waals surface area (Å²) in [5, 5.41) is 32.5. The minimum Gasteiger partial charge on any atom is -0.391 e. The van der Waals surface area contributed by atoms with Gasteiger partial charge in [0.25, 0.3) is 5.91 Å². The Bertz CT molecular complexity index is 1270. The van der Waals surface area contributed by atoms with Gasteiger partial charge >= 0.3 is 0 Å². The molecule has 2 fully saturated rings. The number of carbonyl (C=O) groups excluding carboxylic acids is 1. The van der Waals surface area contributed by atoms with Crippen LogP contribution in [-0.2, 0) is 9.84 Å². The molecule has 4 N–H and O–H groups in total. The molecule has 0 spiro atoms. The highest BCUT2D eigenvalue weighted by Gasteiger charge is 2.59. The molecule has 36 heavy (non-hydrogen) atoms. The Balaban J connectivity index is 1.59. The van der Waals surface area contributed by atoms with Gasteiger partial charge in [0, 0.05) is 23.4 Å². The normalized spacial score (nSPS) is 27.5. The lowest BCUT2D eigenvalue weighted by molar-refractivity contribution is -0.172. The molecule has 2 aliphatic carbocycles. The lowest BCUT2D eigenvalue weighted by Crippen LogP contribution is -2.58. The van der Waals surface area contributed by atoms with Crippen LogP contribution in [0.1, 0.15) is 43.0 Å². The van der Waals surface area contributed by atoms with Gasteiger partial charge in [-0.3, -0.25) is 4.79 Å². The molecular weight excluding hydrogens is 523 g/mol. The van der Waals surface area contributed by atoms with Crippen molar-refractivity contribution in [1.29, 1.82) is 0 Å². The quantitative estimate of drug-likeness (QED) is 0.411. The molecule has 2 bridgehead atoms. The van der Waals surface area contributed by atoms with Gasteiger partial charge in [-0.2, -0.15) is 0 Å². The van der Waals surface area contributed by atoms with Crippen LogP contribution in [0.25, 0.3) is 0 Å². The van der Waals surface area contributed by atoms with Crippen LogP contribution in [0, 0.1) is 29.3 Å². The van der Waals surface area contributed by atoms with Crippen LogP contribution >= 0.6 is 11.6 Å². The zero-order valence-corrected chi connectivity index (χ0v) is 20.7. The maximum absolute atomic E-state index is 13.6. The number of halogens is 4. The Kier molecular flexibility index (Phi) is 7.17. The van der Waals surface area contributed by atoms with Gasteiger partial charge < -0.3 is 20.6 Å². The largest absolute Gasteiger partial charge is 0.391 e. The molecule has 0 heterocycles. The van der Waals surface area contributed by atoms with Crippen LogP contribution in [0.2, 0.25) is 5.02 Å². The number of fused-ring (bicyclic) bond motifs is 2. The Labute approximate surface area is 210 Å². The van der Waals surface area contributed by atoms with Crippen molar-refractivity contribution in [1.82, 2.24) is 0 Å². The van der Waals surface area contributed by atoms with Gasteiger partial charge in [-0.15, -0.1) is 0 Å². The summed E-state index contributed by atoms with van der Waals surface area (Å²) in [5.41, 5.74) is -2.13. The Morgan fingerprint density at radius 3 is 2.17 bits per heavy atom. The number of amides is 1. The first-order chi connectivity index (χ1) is 16.8. The van der Waals surface area contributed by atoms with Crippen molar-refractivity contribution in [3.8, 4) is 0 Å². The summed E-state index contributed by atoms with van der Waals surface area (Å²) in [5.74, 6) is -6.72. The van der Waals surface area contributed by atoms with Crippen molar-refractivity contribution in [2.45, 2.75) is 60.6 Å². The number of hydrogen-bond donors (Lipinski definition) is 4. The topological polar surface area (TPSA) is 124 Å². The molecule has 2 saturated carbocycles. The SMILES string of the molecule is C[C@H](O)[C@H](O)C1(O)[C@@H]2CC[C@H]1CC(S(=O)(=O)c1cc(C(=O)Nc3cc(F)c(F)c(F)c3)ccc1Cl)C2. The fourth-order valence-electron chi connectivity index (χ4n) is 5.54. The molecule has 2 unspecified atom stereocenters. The van der Waals surface area contributed by atoms with Gasteiger partial charge in [-0.05, 0) is 62.6 Å². The predicted octanol–water partition coefficient (Wildman–Crippen LogP) is 3.44. The number of nitrogens with one attached hydrogen (secondary N) is 1. The fourth-order valence-corrected chi connectivity index (χ4v) is 7.94. The van der Waals surface area contributed by atoms with Gasteiger partial charge in [-0.1, -0.05) is 11.6 Å². The van der Waals surface area contributed by atoms with E-state index in [0.29, 0.717) is 25.0 Å². The van der Waals surface area contributed by atoms with Crippen molar-refractivity contribution in [3.05, 3.63) is 58.4 Å². The molecule has 2 aromatic rings. The van der Waals surface area contributed by atoms with Gasteiger partial charge in [0.15, 0.2) is 27.3 Å². The van der Waals surface area contributed by atoms with E-state index in [-0.39, 0.29) is 34.0 Å². The minimum atomic E-state index is -4.10. The van der Waals surface area contributed by atoms with Crippen molar-refractivity contribution in [2.24, 2.45) is 11.8 Å². The zero-order valence-electron chi connectivity index (χ0n) is 19.1. The highest BCUT2D eigenvalue weighted by molar-refractivity contribution is 7.92. The standard InChI is InChI=1S/C24H25ClF3NO6S/c1-11(30)22(31)24(33)13-3-4-14(24)8-16(7-13)36(34,35)20-6-12(2-5-17(20)25)23(32)29-15-9-18(26)21(28)19(27)10-15/h2,5-6,9-11,13-14,16,22,30-31,33H,3-4,7-8H2,1H3,(H,29,32)/t11-,13-,14+,16?,22-,24?/m0/s1. The number of aliphatic hydroxyl groups excluding tert-OH is 2. The molecule has 7 nitrogen and oxygen atoms in total. The third-order valence-electron chi connectivity index (χ3n) is 7.38. The number of hydrogen-bond acceptors (Lipinski definition) is 6. The molecule has 6 atom stereocenters. The number of aliphatic hydroxyl groups is 3. The molecular formula is C24H25ClF3NO6S. The fraction of sp³-hybridized carbons (Fsp3) is 0.458. The van der Waals surface area contributed by atoms with Crippen LogP contribution < -0.4 is 5.32 Å². The molecule has 0 radical (unpaired) electrons. The Morgan fingerprint density at radius 2 is 1.64 bits per heavy atom. The molecule has 0 saturated heterocycles. The third-order valence-corrected chi connectivity index (χ3v) is 10.0. The number of anilines is 1. The van der Waals surface area contributed by atoms with Crippen LogP contribution in [-0.4, -0.2) is 52.7 Å². The summed E-state index contributed by atoms with van der Waals surface area (Å²) >= 11 is 6.19. The molecule has 2 aliphatic rings. The van der Waals surface area contributed by atoms with E-state index in [9.17, 15) is 41.7 Å². The summed E-state index contributed by atoms with van der Waals surface area (Å²) in [4.78, 5) is 12.3. The minimum absolute atomic E-state index is 0.0278. The number of carbonyl (C=O) groups is 1. The second kappa shape index (κ2) is 9.60.